The molecule has 1 aromatic heterocycles. The molecule has 0 N–H and O–H groups in total. The van der Waals surface area contributed by atoms with Crippen molar-refractivity contribution in [1.82, 2.24) is 9.55 Å². The Morgan fingerprint density at radius 2 is 2.12 bits per heavy atom. The van der Waals surface area contributed by atoms with Crippen LogP contribution in [0.2, 0.25) is 5.02 Å². The molecule has 84 valence electrons. The number of halogens is 1. The second kappa shape index (κ2) is 3.91. The fourth-order valence-corrected chi connectivity index (χ4v) is 2.03. The Morgan fingerprint density at radius 3 is 2.69 bits per heavy atom. The highest BCUT2D eigenvalue weighted by Gasteiger charge is 2.12. The molecule has 2 aromatic rings. The van der Waals surface area contributed by atoms with E-state index in [1.54, 1.807) is 18.5 Å². The number of benzene rings is 1. The number of aromatic nitrogens is 2. The topological polar surface area (TPSA) is 34.9 Å². The number of fused-ring (bicyclic) bond motifs is 1. The van der Waals surface area contributed by atoms with E-state index < -0.39 is 0 Å². The highest BCUT2D eigenvalue weighted by atomic mass is 35.5. The SMILES string of the molecule is CC(=O)c1cc(Cl)c2c(c1)ncn2C(C)C. The van der Waals surface area contributed by atoms with Crippen molar-refractivity contribution in [2.75, 3.05) is 0 Å². The summed E-state index contributed by atoms with van der Waals surface area (Å²) in [6.45, 7) is 5.66. The molecule has 0 aliphatic heterocycles. The molecule has 2 rings (SSSR count). The average Bonchev–Trinajstić information content (AvgIpc) is 2.61. The van der Waals surface area contributed by atoms with Crippen LogP contribution in [0, 0.1) is 0 Å². The van der Waals surface area contributed by atoms with E-state index in [0.717, 1.165) is 11.0 Å². The Morgan fingerprint density at radius 1 is 1.44 bits per heavy atom. The molecule has 0 amide bonds. The lowest BCUT2D eigenvalue weighted by Crippen LogP contribution is -1.99. The van der Waals surface area contributed by atoms with E-state index in [4.69, 9.17) is 11.6 Å². The van der Waals surface area contributed by atoms with Gasteiger partial charge in [0.25, 0.3) is 0 Å². The van der Waals surface area contributed by atoms with Gasteiger partial charge in [-0.25, -0.2) is 4.98 Å². The molecule has 0 spiro atoms. The van der Waals surface area contributed by atoms with Gasteiger partial charge in [0.2, 0.25) is 0 Å². The molecule has 1 aromatic carbocycles. The van der Waals surface area contributed by atoms with Gasteiger partial charge in [-0.3, -0.25) is 4.79 Å². The van der Waals surface area contributed by atoms with Gasteiger partial charge >= 0.3 is 0 Å². The van der Waals surface area contributed by atoms with Crippen molar-refractivity contribution >= 4 is 28.4 Å². The Hall–Kier alpha value is -1.35. The van der Waals surface area contributed by atoms with Crippen molar-refractivity contribution in [3.8, 4) is 0 Å². The summed E-state index contributed by atoms with van der Waals surface area (Å²) >= 11 is 6.18. The lowest BCUT2D eigenvalue weighted by Gasteiger charge is -2.09. The van der Waals surface area contributed by atoms with E-state index in [2.05, 4.69) is 18.8 Å². The number of rotatable bonds is 2. The first kappa shape index (κ1) is 11.1. The third-order valence-electron chi connectivity index (χ3n) is 2.59. The zero-order chi connectivity index (χ0) is 11.9. The summed E-state index contributed by atoms with van der Waals surface area (Å²) in [5, 5.41) is 0.578. The highest BCUT2D eigenvalue weighted by molar-refractivity contribution is 6.35. The molecule has 1 heterocycles. The third-order valence-corrected chi connectivity index (χ3v) is 2.87. The predicted octanol–water partition coefficient (Wildman–Crippen LogP) is 3.47. The molecule has 0 fully saturated rings. The molecule has 0 bridgehead atoms. The summed E-state index contributed by atoms with van der Waals surface area (Å²) in [6, 6.07) is 3.78. The van der Waals surface area contributed by atoms with Crippen LogP contribution in [0.25, 0.3) is 11.0 Å². The second-order valence-corrected chi connectivity index (χ2v) is 4.53. The zero-order valence-electron chi connectivity index (χ0n) is 9.49. The molecule has 3 nitrogen and oxygen atoms in total. The third kappa shape index (κ3) is 1.71. The zero-order valence-corrected chi connectivity index (χ0v) is 10.2. The number of ketones is 1. The Labute approximate surface area is 99.0 Å². The van der Waals surface area contributed by atoms with Gasteiger partial charge in [-0.1, -0.05) is 11.6 Å². The van der Waals surface area contributed by atoms with Gasteiger partial charge in [0.05, 0.1) is 22.4 Å². The van der Waals surface area contributed by atoms with Crippen LogP contribution >= 0.6 is 11.6 Å². The van der Waals surface area contributed by atoms with Gasteiger partial charge in [-0.2, -0.15) is 0 Å². The summed E-state index contributed by atoms with van der Waals surface area (Å²) in [7, 11) is 0. The van der Waals surface area contributed by atoms with E-state index in [0.29, 0.717) is 16.6 Å². The maximum absolute atomic E-state index is 11.3. The fourth-order valence-electron chi connectivity index (χ4n) is 1.72. The van der Waals surface area contributed by atoms with E-state index >= 15 is 0 Å². The van der Waals surface area contributed by atoms with Crippen LogP contribution in [-0.2, 0) is 0 Å². The number of hydrogen-bond acceptors (Lipinski definition) is 2. The Balaban J connectivity index is 2.73. The van der Waals surface area contributed by atoms with Crippen molar-refractivity contribution in [3.63, 3.8) is 0 Å². The van der Waals surface area contributed by atoms with E-state index in [1.165, 1.54) is 6.92 Å². The van der Waals surface area contributed by atoms with Gasteiger partial charge in [-0.15, -0.1) is 0 Å². The minimum Gasteiger partial charge on any atom is -0.327 e. The highest BCUT2D eigenvalue weighted by Crippen LogP contribution is 2.27. The molecule has 0 aliphatic rings. The number of hydrogen-bond donors (Lipinski definition) is 0. The van der Waals surface area contributed by atoms with E-state index in [-0.39, 0.29) is 5.78 Å². The van der Waals surface area contributed by atoms with E-state index in [1.807, 2.05) is 4.57 Å². The molecular formula is C12H13ClN2O. The van der Waals surface area contributed by atoms with Crippen LogP contribution < -0.4 is 0 Å². The van der Waals surface area contributed by atoms with Crippen LogP contribution in [0.15, 0.2) is 18.5 Å². The summed E-state index contributed by atoms with van der Waals surface area (Å²) < 4.78 is 2.00. The lowest BCUT2D eigenvalue weighted by molar-refractivity contribution is 0.101. The van der Waals surface area contributed by atoms with Gasteiger partial charge < -0.3 is 4.57 Å². The maximum atomic E-state index is 11.3. The van der Waals surface area contributed by atoms with Crippen LogP contribution in [0.5, 0.6) is 0 Å². The second-order valence-electron chi connectivity index (χ2n) is 4.13. The molecule has 0 saturated heterocycles. The van der Waals surface area contributed by atoms with E-state index in [9.17, 15) is 4.79 Å². The number of Topliss-reactive ketones (excluding diaryl/α,β-unsaturated/α-hetero) is 1. The number of carbonyl (C=O) groups excluding carboxylic acids is 1. The first-order valence-electron chi connectivity index (χ1n) is 5.17. The normalized spacial score (nSPS) is 11.3. The van der Waals surface area contributed by atoms with Crippen LogP contribution in [0.4, 0.5) is 0 Å². The standard InChI is InChI=1S/C12H13ClN2O/c1-7(2)15-6-14-11-5-9(8(3)16)4-10(13)12(11)15/h4-7H,1-3H3. The van der Waals surface area contributed by atoms with Crippen molar-refractivity contribution in [2.24, 2.45) is 0 Å². The molecule has 0 radical (unpaired) electrons. The van der Waals surface area contributed by atoms with Gasteiger partial charge in [0, 0.05) is 11.6 Å². The van der Waals surface area contributed by atoms with Crippen LogP contribution in [0.1, 0.15) is 37.2 Å². The van der Waals surface area contributed by atoms with Crippen molar-refractivity contribution in [2.45, 2.75) is 26.8 Å². The number of imidazole rings is 1. The first-order valence-corrected chi connectivity index (χ1v) is 5.55. The lowest BCUT2D eigenvalue weighted by atomic mass is 10.1. The average molecular weight is 237 g/mol. The van der Waals surface area contributed by atoms with Gasteiger partial charge in [-0.05, 0) is 32.9 Å². The molecule has 0 atom stereocenters. The summed E-state index contributed by atoms with van der Waals surface area (Å²) in [5.74, 6) is 0.00268. The maximum Gasteiger partial charge on any atom is 0.159 e. The minimum absolute atomic E-state index is 0.00268. The molecule has 0 aliphatic carbocycles. The molecular weight excluding hydrogens is 224 g/mol. The van der Waals surface area contributed by atoms with Gasteiger partial charge in [0.15, 0.2) is 5.78 Å². The summed E-state index contributed by atoms with van der Waals surface area (Å²) in [6.07, 6.45) is 1.76. The molecule has 16 heavy (non-hydrogen) atoms. The van der Waals surface area contributed by atoms with Crippen LogP contribution in [0.3, 0.4) is 0 Å². The Bertz CT molecular complexity index is 557. The summed E-state index contributed by atoms with van der Waals surface area (Å²) in [4.78, 5) is 15.6. The number of carbonyl (C=O) groups is 1. The largest absolute Gasteiger partial charge is 0.327 e. The molecule has 0 unspecified atom stereocenters. The molecule has 4 heteroatoms. The van der Waals surface area contributed by atoms with Crippen molar-refractivity contribution < 1.29 is 4.79 Å². The fraction of sp³-hybridized carbons (Fsp3) is 0.333. The smallest absolute Gasteiger partial charge is 0.159 e. The first-order chi connectivity index (χ1) is 7.50. The van der Waals surface area contributed by atoms with Crippen molar-refractivity contribution in [1.29, 1.82) is 0 Å². The Kier molecular flexibility index (Phi) is 2.72. The van der Waals surface area contributed by atoms with Gasteiger partial charge in [0.1, 0.15) is 0 Å². The van der Waals surface area contributed by atoms with Crippen LogP contribution in [-0.4, -0.2) is 15.3 Å². The monoisotopic (exact) mass is 236 g/mol. The number of nitrogens with zero attached hydrogens (tertiary/aromatic N) is 2. The van der Waals surface area contributed by atoms with Crippen molar-refractivity contribution in [3.05, 3.63) is 29.0 Å². The minimum atomic E-state index is 0.00268. The quantitative estimate of drug-likeness (QED) is 0.749. The summed E-state index contributed by atoms with van der Waals surface area (Å²) in [5.41, 5.74) is 2.26. The predicted molar refractivity (Wildman–Crippen MR) is 65.1 cm³/mol. The molecule has 0 saturated carbocycles.